The average Bonchev–Trinajstić information content (AvgIpc) is 3.44. The molecule has 156 valence electrons. The number of rotatable bonds is 4. The van der Waals surface area contributed by atoms with Gasteiger partial charge >= 0.3 is 0 Å². The van der Waals surface area contributed by atoms with Crippen LogP contribution in [0, 0.1) is 11.3 Å². The number of benzene rings is 1. The van der Waals surface area contributed by atoms with Crippen molar-refractivity contribution in [1.82, 2.24) is 40.5 Å². The molecule has 3 aromatic heterocycles. The Morgan fingerprint density at radius 1 is 1.10 bits per heavy atom. The zero-order valence-electron chi connectivity index (χ0n) is 17.1. The number of anilines is 1. The second kappa shape index (κ2) is 6.34. The molecule has 0 spiro atoms. The van der Waals surface area contributed by atoms with E-state index in [0.717, 1.165) is 59.3 Å². The number of hydrogen-bond donors (Lipinski definition) is 2. The first-order chi connectivity index (χ1) is 15.3. The number of H-pyrrole nitrogens is 1. The van der Waals surface area contributed by atoms with Crippen molar-refractivity contribution in [3.05, 3.63) is 43.0 Å². The number of fused-ring (bicyclic) bond motifs is 1. The first kappa shape index (κ1) is 17.4. The van der Waals surface area contributed by atoms with Crippen LogP contribution < -0.4 is 10.2 Å². The number of piperazine rings is 1. The van der Waals surface area contributed by atoms with Gasteiger partial charge in [0.1, 0.15) is 5.69 Å². The van der Waals surface area contributed by atoms with Crippen LogP contribution in [0.5, 0.6) is 0 Å². The molecule has 9 nitrogen and oxygen atoms in total. The molecule has 8 rings (SSSR count). The molecule has 2 bridgehead atoms. The Balaban J connectivity index is 1.17. The Hall–Kier alpha value is -3.33. The Labute approximate surface area is 178 Å². The van der Waals surface area contributed by atoms with Crippen molar-refractivity contribution >= 4 is 16.9 Å². The van der Waals surface area contributed by atoms with Gasteiger partial charge in [-0.25, -0.2) is 9.67 Å². The van der Waals surface area contributed by atoms with Crippen LogP contribution in [-0.4, -0.2) is 60.8 Å². The molecule has 0 radical (unpaired) electrons. The minimum atomic E-state index is 0.542. The van der Waals surface area contributed by atoms with Crippen LogP contribution in [0.3, 0.4) is 0 Å². The standard InChI is InChI=1S/C22H23N9/c1-4-26-31(6-1)18-3-2-15(16-11-25-28-20(16)18)17-12-24-21(29-27-17)30-7-5-23-19(13-30)22-8-14(9-22)10-22/h1-4,6,11-12,14,19,23H,5,7-10,13H2,(H,25,28). The van der Waals surface area contributed by atoms with Crippen LogP contribution in [-0.2, 0) is 0 Å². The summed E-state index contributed by atoms with van der Waals surface area (Å²) in [5.74, 6) is 1.72. The first-order valence-corrected chi connectivity index (χ1v) is 10.9. The topological polar surface area (TPSA) is 100 Å². The molecule has 1 unspecified atom stereocenters. The summed E-state index contributed by atoms with van der Waals surface area (Å²) in [4.78, 5) is 6.98. The molecule has 31 heavy (non-hydrogen) atoms. The summed E-state index contributed by atoms with van der Waals surface area (Å²) in [5, 5.41) is 25.4. The highest BCUT2D eigenvalue weighted by molar-refractivity contribution is 5.97. The van der Waals surface area contributed by atoms with Crippen LogP contribution in [0.4, 0.5) is 5.95 Å². The Kier molecular flexibility index (Phi) is 3.55. The van der Waals surface area contributed by atoms with Gasteiger partial charge in [-0.2, -0.15) is 10.2 Å². The van der Waals surface area contributed by atoms with Gasteiger partial charge in [0.25, 0.3) is 0 Å². The third-order valence-corrected chi connectivity index (χ3v) is 7.45. The van der Waals surface area contributed by atoms with Gasteiger partial charge in [0.05, 0.1) is 23.6 Å². The van der Waals surface area contributed by atoms with Crippen molar-refractivity contribution in [3.8, 4) is 16.9 Å². The summed E-state index contributed by atoms with van der Waals surface area (Å²) >= 11 is 0. The summed E-state index contributed by atoms with van der Waals surface area (Å²) in [7, 11) is 0. The fourth-order valence-electron chi connectivity index (χ4n) is 5.70. The summed E-state index contributed by atoms with van der Waals surface area (Å²) in [6.45, 7) is 2.87. The van der Waals surface area contributed by atoms with Crippen molar-refractivity contribution in [2.75, 3.05) is 24.5 Å². The molecule has 4 aromatic rings. The largest absolute Gasteiger partial charge is 0.337 e. The van der Waals surface area contributed by atoms with E-state index in [4.69, 9.17) is 4.98 Å². The van der Waals surface area contributed by atoms with Crippen LogP contribution in [0.2, 0.25) is 0 Å². The number of aromatic amines is 1. The van der Waals surface area contributed by atoms with Gasteiger partial charge in [-0.15, -0.1) is 10.2 Å². The fourth-order valence-corrected chi connectivity index (χ4v) is 5.70. The summed E-state index contributed by atoms with van der Waals surface area (Å²) in [6, 6.07) is 6.50. The maximum atomic E-state index is 4.69. The summed E-state index contributed by atoms with van der Waals surface area (Å²) in [5.41, 5.74) is 4.10. The van der Waals surface area contributed by atoms with Gasteiger partial charge in [-0.05, 0) is 48.8 Å². The second-order valence-corrected chi connectivity index (χ2v) is 9.18. The molecule has 1 saturated heterocycles. The van der Waals surface area contributed by atoms with Crippen LogP contribution >= 0.6 is 0 Å². The van der Waals surface area contributed by atoms with Crippen molar-refractivity contribution in [3.63, 3.8) is 0 Å². The molecule has 9 heteroatoms. The van der Waals surface area contributed by atoms with Crippen molar-refractivity contribution in [2.24, 2.45) is 11.3 Å². The Morgan fingerprint density at radius 2 is 2.03 bits per heavy atom. The third kappa shape index (κ3) is 2.56. The Morgan fingerprint density at radius 3 is 2.77 bits per heavy atom. The molecule has 3 aliphatic carbocycles. The lowest BCUT2D eigenvalue weighted by Crippen LogP contribution is -2.68. The molecule has 1 atom stereocenters. The molecular weight excluding hydrogens is 390 g/mol. The lowest BCUT2D eigenvalue weighted by Gasteiger charge is -2.66. The van der Waals surface area contributed by atoms with E-state index in [2.05, 4.69) is 35.7 Å². The smallest absolute Gasteiger partial charge is 0.245 e. The zero-order valence-corrected chi connectivity index (χ0v) is 17.1. The molecule has 2 N–H and O–H groups in total. The van der Waals surface area contributed by atoms with Crippen molar-refractivity contribution in [1.29, 1.82) is 0 Å². The minimum absolute atomic E-state index is 0.542. The van der Waals surface area contributed by atoms with E-state index in [1.807, 2.05) is 41.5 Å². The highest BCUT2D eigenvalue weighted by Crippen LogP contribution is 2.66. The normalized spacial score (nSPS) is 27.2. The summed E-state index contributed by atoms with van der Waals surface area (Å²) in [6.07, 6.45) is 11.5. The van der Waals surface area contributed by atoms with Gasteiger partial charge in [0, 0.05) is 49.0 Å². The van der Waals surface area contributed by atoms with Crippen LogP contribution in [0.25, 0.3) is 27.8 Å². The van der Waals surface area contributed by atoms with Crippen LogP contribution in [0.1, 0.15) is 19.3 Å². The van der Waals surface area contributed by atoms with Gasteiger partial charge in [0.2, 0.25) is 5.95 Å². The van der Waals surface area contributed by atoms with Gasteiger partial charge in [-0.3, -0.25) is 5.10 Å². The van der Waals surface area contributed by atoms with E-state index in [0.29, 0.717) is 11.5 Å². The minimum Gasteiger partial charge on any atom is -0.337 e. The van der Waals surface area contributed by atoms with Gasteiger partial charge < -0.3 is 10.2 Å². The van der Waals surface area contributed by atoms with Gasteiger partial charge in [-0.1, -0.05) is 0 Å². The monoisotopic (exact) mass is 413 g/mol. The van der Waals surface area contributed by atoms with E-state index in [1.165, 1.54) is 19.3 Å². The predicted octanol–water partition coefficient (Wildman–Crippen LogP) is 2.18. The van der Waals surface area contributed by atoms with Gasteiger partial charge in [0.15, 0.2) is 0 Å². The maximum absolute atomic E-state index is 4.69. The fraction of sp³-hybridized carbons (Fsp3) is 0.409. The first-order valence-electron chi connectivity index (χ1n) is 10.9. The van der Waals surface area contributed by atoms with E-state index in [9.17, 15) is 0 Å². The van der Waals surface area contributed by atoms with E-state index < -0.39 is 0 Å². The second-order valence-electron chi connectivity index (χ2n) is 9.18. The number of aromatic nitrogens is 7. The number of nitrogens with one attached hydrogen (secondary N) is 2. The number of hydrogen-bond acceptors (Lipinski definition) is 7. The molecule has 4 aliphatic rings. The average molecular weight is 413 g/mol. The van der Waals surface area contributed by atoms with Crippen molar-refractivity contribution in [2.45, 2.75) is 25.3 Å². The molecular formula is C22H23N9. The Bertz CT molecular complexity index is 1230. The maximum Gasteiger partial charge on any atom is 0.245 e. The molecule has 1 aliphatic heterocycles. The molecule has 4 fully saturated rings. The van der Waals surface area contributed by atoms with E-state index >= 15 is 0 Å². The van der Waals surface area contributed by atoms with E-state index in [-0.39, 0.29) is 0 Å². The zero-order chi connectivity index (χ0) is 20.4. The van der Waals surface area contributed by atoms with E-state index in [1.54, 1.807) is 6.20 Å². The van der Waals surface area contributed by atoms with Crippen LogP contribution in [0.15, 0.2) is 43.0 Å². The number of nitrogens with zero attached hydrogens (tertiary/aromatic N) is 7. The predicted molar refractivity (Wildman–Crippen MR) is 116 cm³/mol. The highest BCUT2D eigenvalue weighted by atomic mass is 15.3. The molecule has 1 aromatic carbocycles. The SMILES string of the molecule is c1cnn(-c2ccc(-c3cnc(N4CCNC(C56CC(C5)C6)C4)nn3)c3cn[nH]c23)c1. The summed E-state index contributed by atoms with van der Waals surface area (Å²) < 4.78 is 1.82. The quantitative estimate of drug-likeness (QED) is 0.529. The highest BCUT2D eigenvalue weighted by Gasteiger charge is 2.60. The molecule has 3 saturated carbocycles. The lowest BCUT2D eigenvalue weighted by molar-refractivity contribution is -0.133. The third-order valence-electron chi connectivity index (χ3n) is 7.45. The lowest BCUT2D eigenvalue weighted by atomic mass is 9.41. The molecule has 4 heterocycles. The van der Waals surface area contributed by atoms with Crippen molar-refractivity contribution < 1.29 is 0 Å². The molecule has 0 amide bonds.